The molecule has 4 nitrogen and oxygen atoms in total. The van der Waals surface area contributed by atoms with E-state index in [0.29, 0.717) is 21.7 Å². The third-order valence-corrected chi connectivity index (χ3v) is 3.31. The van der Waals surface area contributed by atoms with Crippen molar-refractivity contribution in [1.82, 2.24) is 4.90 Å². The van der Waals surface area contributed by atoms with Gasteiger partial charge in [0.1, 0.15) is 0 Å². The maximum Gasteiger partial charge on any atom is 0.168 e. The number of hydrogen-bond acceptors (Lipinski definition) is 4. The first-order valence-electron chi connectivity index (χ1n) is 4.97. The largest absolute Gasteiger partial charge is 0.494 e. The minimum atomic E-state index is 0. The summed E-state index contributed by atoms with van der Waals surface area (Å²) in [5, 5.41) is 7.06. The van der Waals surface area contributed by atoms with Crippen molar-refractivity contribution in [3.8, 4) is 0 Å². The summed E-state index contributed by atoms with van der Waals surface area (Å²) >= 11 is 12.3. The number of hydrogen-bond donors (Lipinski definition) is 2. The average Bonchev–Trinajstić information content (AvgIpc) is 2.69. The van der Waals surface area contributed by atoms with Crippen LogP contribution in [0.1, 0.15) is 0 Å². The maximum atomic E-state index is 6.15. The fourth-order valence-corrected chi connectivity index (χ4v) is 2.24. The molecule has 0 aliphatic carbocycles. The van der Waals surface area contributed by atoms with E-state index in [2.05, 4.69) is 31.8 Å². The number of rotatable bonds is 2. The van der Waals surface area contributed by atoms with E-state index in [1.165, 1.54) is 0 Å². The van der Waals surface area contributed by atoms with E-state index in [1.807, 2.05) is 0 Å². The van der Waals surface area contributed by atoms with Crippen molar-refractivity contribution >= 4 is 49.9 Å². The summed E-state index contributed by atoms with van der Waals surface area (Å²) in [6, 6.07) is 3.57. The van der Waals surface area contributed by atoms with E-state index in [4.69, 9.17) is 23.2 Å². The molecule has 1 aliphatic rings. The maximum absolute atomic E-state index is 6.15. The molecule has 8 heteroatoms. The molecule has 0 amide bonds. The fourth-order valence-electron chi connectivity index (χ4n) is 1.49. The zero-order valence-electron chi connectivity index (χ0n) is 10.6. The Bertz CT molecular complexity index is 447. The van der Waals surface area contributed by atoms with Gasteiger partial charge < -0.3 is 22.7 Å². The van der Waals surface area contributed by atoms with Crippen LogP contribution in [0.5, 0.6) is 0 Å². The predicted molar refractivity (Wildman–Crippen MR) is 84.2 cm³/mol. The zero-order chi connectivity index (χ0) is 12.4. The van der Waals surface area contributed by atoms with Gasteiger partial charge in [0.2, 0.25) is 0 Å². The van der Waals surface area contributed by atoms with E-state index < -0.39 is 0 Å². The smallest absolute Gasteiger partial charge is 0.168 e. The molecule has 0 saturated heterocycles. The number of nitrogens with one attached hydrogen (secondary N) is 2. The molecule has 0 spiro atoms. The summed E-state index contributed by atoms with van der Waals surface area (Å²) in [5.74, 6) is 0.681. The number of nitrogens with zero attached hydrogens (tertiary/aromatic N) is 2. The van der Waals surface area contributed by atoms with Gasteiger partial charge >= 0.3 is 0 Å². The number of anilines is 2. The van der Waals surface area contributed by atoms with Crippen molar-refractivity contribution in [3.05, 3.63) is 36.7 Å². The minimum Gasteiger partial charge on any atom is -0.494 e. The van der Waals surface area contributed by atoms with Crippen molar-refractivity contribution in [1.29, 1.82) is 0 Å². The quantitative estimate of drug-likeness (QED) is 0.596. The average molecular weight is 394 g/mol. The summed E-state index contributed by atoms with van der Waals surface area (Å²) in [4.78, 5) is 6.04. The van der Waals surface area contributed by atoms with Crippen molar-refractivity contribution in [2.45, 2.75) is 0 Å². The molecule has 2 N–H and O–H groups in total. The molecule has 2 rings (SSSR count). The molecule has 1 unspecified atom stereocenters. The van der Waals surface area contributed by atoms with Crippen molar-refractivity contribution < 1.29 is 32.7 Å². The Labute approximate surface area is 151 Å². The normalized spacial score (nSPS) is 13.3. The van der Waals surface area contributed by atoms with Crippen LogP contribution >= 0.6 is 32.6 Å². The van der Waals surface area contributed by atoms with Gasteiger partial charge in [-0.25, -0.2) is 0 Å². The molecule has 1 heterocycles. The second kappa shape index (κ2) is 8.64. The van der Waals surface area contributed by atoms with E-state index in [9.17, 15) is 0 Å². The van der Waals surface area contributed by atoms with Gasteiger partial charge in [0.05, 0.1) is 22.3 Å². The molecule has 0 aromatic heterocycles. The first-order valence-corrected chi connectivity index (χ1v) is 6.30. The molecule has 1 aromatic rings. The Morgan fingerprint density at radius 2 is 1.89 bits per heavy atom. The van der Waals surface area contributed by atoms with Gasteiger partial charge in [0.25, 0.3) is 0 Å². The number of halogens is 2. The SMILES string of the molecule is [CH2-]N1CCN=C1Nc1c(Cl)cc(NP)cc1Cl.[CH3-].[Y]. The minimum absolute atomic E-state index is 0. The van der Waals surface area contributed by atoms with Crippen LogP contribution < -0.4 is 10.4 Å². The molecule has 0 bridgehead atoms. The standard InChI is InChI=1S/C10H12Cl2N4P.CH3.Y/c1-16-3-2-13-10(16)14-9-7(11)4-6(15-17)5-8(9)12;;/h4-5,15H,1-3,17H2,(H,13,14);1H3;/q2*-1;. The van der Waals surface area contributed by atoms with Gasteiger partial charge in [-0.3, -0.25) is 12.0 Å². The Kier molecular flexibility index (Phi) is 8.82. The molecule has 0 saturated carbocycles. The predicted octanol–water partition coefficient (Wildman–Crippen LogP) is 3.52. The number of benzene rings is 1. The number of guanidine groups is 1. The molecular formula is C11H15Cl2N4PY-2. The third-order valence-electron chi connectivity index (χ3n) is 2.38. The molecule has 103 valence electrons. The van der Waals surface area contributed by atoms with Crippen molar-refractivity contribution in [2.75, 3.05) is 23.5 Å². The van der Waals surface area contributed by atoms with Crippen LogP contribution in [0.2, 0.25) is 10.0 Å². The molecule has 1 aromatic carbocycles. The molecule has 19 heavy (non-hydrogen) atoms. The second-order valence-electron chi connectivity index (χ2n) is 3.55. The van der Waals surface area contributed by atoms with E-state index in [-0.39, 0.29) is 40.1 Å². The Morgan fingerprint density at radius 3 is 2.32 bits per heavy atom. The van der Waals surface area contributed by atoms with E-state index >= 15 is 0 Å². The summed E-state index contributed by atoms with van der Waals surface area (Å²) < 4.78 is 0. The van der Waals surface area contributed by atoms with Gasteiger partial charge in [0.15, 0.2) is 5.96 Å². The van der Waals surface area contributed by atoms with Crippen LogP contribution in [0.3, 0.4) is 0 Å². The summed E-state index contributed by atoms with van der Waals surface area (Å²) in [5.41, 5.74) is 1.47. The van der Waals surface area contributed by atoms with Crippen molar-refractivity contribution in [3.63, 3.8) is 0 Å². The number of aliphatic imine (C=N–C) groups is 1. The van der Waals surface area contributed by atoms with Crippen LogP contribution in [-0.4, -0.2) is 23.9 Å². The van der Waals surface area contributed by atoms with Gasteiger partial charge in [-0.1, -0.05) is 23.2 Å². The fraction of sp³-hybridized carbons (Fsp3) is 0.182. The molecular weight excluding hydrogens is 379 g/mol. The van der Waals surface area contributed by atoms with E-state index in [0.717, 1.165) is 18.8 Å². The van der Waals surface area contributed by atoms with Gasteiger partial charge in [-0.15, -0.1) is 0 Å². The Balaban J connectivity index is 0.00000162. The molecule has 1 radical (unpaired) electrons. The molecule has 1 atom stereocenters. The molecule has 1 aliphatic heterocycles. The summed E-state index contributed by atoms with van der Waals surface area (Å²) in [6.45, 7) is 1.52. The first-order chi connectivity index (χ1) is 8.11. The summed E-state index contributed by atoms with van der Waals surface area (Å²) in [7, 11) is 6.24. The summed E-state index contributed by atoms with van der Waals surface area (Å²) in [6.07, 6.45) is 0. The van der Waals surface area contributed by atoms with Crippen LogP contribution in [0, 0.1) is 14.5 Å². The van der Waals surface area contributed by atoms with Gasteiger partial charge in [0, 0.05) is 44.9 Å². The van der Waals surface area contributed by atoms with E-state index in [1.54, 1.807) is 17.0 Å². The van der Waals surface area contributed by atoms with Gasteiger partial charge in [-0.05, 0) is 21.5 Å². The van der Waals surface area contributed by atoms with Crippen LogP contribution in [0.4, 0.5) is 11.4 Å². The van der Waals surface area contributed by atoms with Crippen LogP contribution in [0.15, 0.2) is 17.1 Å². The Morgan fingerprint density at radius 1 is 1.32 bits per heavy atom. The Hall–Kier alpha value is 0.404. The second-order valence-corrected chi connectivity index (χ2v) is 4.66. The topological polar surface area (TPSA) is 39.7 Å². The van der Waals surface area contributed by atoms with Crippen molar-refractivity contribution in [2.24, 2.45) is 4.99 Å². The monoisotopic (exact) mass is 393 g/mol. The van der Waals surface area contributed by atoms with Gasteiger partial charge in [-0.2, -0.15) is 0 Å². The van der Waals surface area contributed by atoms with Crippen LogP contribution in [-0.2, 0) is 32.7 Å². The van der Waals surface area contributed by atoms with Crippen LogP contribution in [0.25, 0.3) is 0 Å². The molecule has 0 fully saturated rings. The zero-order valence-corrected chi connectivity index (χ0v) is 16.1. The first kappa shape index (κ1) is 19.4. The third kappa shape index (κ3) is 4.72.